The number of nitrogens with zero attached hydrogens (tertiary/aromatic N) is 6. The molecular formula is C13H17FN6O4S2. The van der Waals surface area contributed by atoms with Crippen molar-refractivity contribution in [2.24, 2.45) is 0 Å². The van der Waals surface area contributed by atoms with Crippen LogP contribution < -0.4 is 0 Å². The second-order valence-corrected chi connectivity index (χ2v) is 9.74. The zero-order chi connectivity index (χ0) is 19.1. The highest BCUT2D eigenvalue weighted by Crippen LogP contribution is 2.32. The van der Waals surface area contributed by atoms with E-state index in [1.165, 1.54) is 30.7 Å². The van der Waals surface area contributed by atoms with Gasteiger partial charge in [0.25, 0.3) is 15.2 Å². The van der Waals surface area contributed by atoms with E-state index in [9.17, 15) is 21.2 Å². The number of hydrogen-bond acceptors (Lipinski definition) is 7. The summed E-state index contributed by atoms with van der Waals surface area (Å²) in [6, 6.07) is 2.35. The molecule has 2 aromatic rings. The Balaban J connectivity index is 1.92. The lowest BCUT2D eigenvalue weighted by Gasteiger charge is -2.19. The molecule has 2 aromatic heterocycles. The van der Waals surface area contributed by atoms with Gasteiger partial charge in [-0.1, -0.05) is 6.07 Å². The first-order valence-electron chi connectivity index (χ1n) is 7.59. The molecule has 0 saturated heterocycles. The molecule has 26 heavy (non-hydrogen) atoms. The molecular weight excluding hydrogens is 387 g/mol. The number of sulfonamides is 1. The zero-order valence-electron chi connectivity index (χ0n) is 14.0. The van der Waals surface area contributed by atoms with Crippen molar-refractivity contribution < 1.29 is 21.2 Å². The minimum absolute atomic E-state index is 0.0325. The highest BCUT2D eigenvalue weighted by molar-refractivity contribution is 7.89. The van der Waals surface area contributed by atoms with Crippen LogP contribution in [0.25, 0.3) is 0 Å². The Labute approximate surface area is 150 Å². The molecule has 0 N–H and O–H groups in total. The minimum Gasteiger partial charge on any atom is -0.228 e. The summed E-state index contributed by atoms with van der Waals surface area (Å²) in [7, 11) is -5.50. The van der Waals surface area contributed by atoms with E-state index in [2.05, 4.69) is 15.1 Å². The molecule has 1 aliphatic carbocycles. The number of pyridine rings is 1. The van der Waals surface area contributed by atoms with Crippen molar-refractivity contribution in [3.63, 3.8) is 0 Å². The zero-order valence-corrected chi connectivity index (χ0v) is 15.7. The highest BCUT2D eigenvalue weighted by atomic mass is 32.2. The van der Waals surface area contributed by atoms with Crippen molar-refractivity contribution in [2.75, 3.05) is 14.1 Å². The number of hydrogen-bond donors (Lipinski definition) is 0. The van der Waals surface area contributed by atoms with E-state index in [1.807, 2.05) is 0 Å². The van der Waals surface area contributed by atoms with Crippen LogP contribution in [-0.2, 0) is 26.8 Å². The maximum absolute atomic E-state index is 12.9. The first-order valence-corrected chi connectivity index (χ1v) is 10.4. The Kier molecular flexibility index (Phi) is 4.81. The fraction of sp³-hybridized carbons (Fsp3) is 0.462. The highest BCUT2D eigenvalue weighted by Gasteiger charge is 2.40. The molecule has 10 nitrogen and oxygen atoms in total. The third kappa shape index (κ3) is 3.60. The van der Waals surface area contributed by atoms with E-state index >= 15 is 0 Å². The van der Waals surface area contributed by atoms with Crippen molar-refractivity contribution in [1.29, 1.82) is 0 Å². The SMILES string of the molecule is CN(C)S(=O)(=O)n1cnc(S(=O)(=O)N(Cc2ccc(F)nc2)C2CC2)n1. The van der Waals surface area contributed by atoms with Crippen LogP contribution in [0, 0.1) is 5.95 Å². The maximum Gasteiger partial charge on any atom is 0.323 e. The van der Waals surface area contributed by atoms with Crippen LogP contribution in [0.2, 0.25) is 0 Å². The van der Waals surface area contributed by atoms with Gasteiger partial charge in [0.2, 0.25) is 5.95 Å². The van der Waals surface area contributed by atoms with Gasteiger partial charge in [0.1, 0.15) is 6.33 Å². The topological polar surface area (TPSA) is 118 Å². The molecule has 0 aromatic carbocycles. The van der Waals surface area contributed by atoms with Gasteiger partial charge >= 0.3 is 10.2 Å². The van der Waals surface area contributed by atoms with E-state index < -0.39 is 31.3 Å². The minimum atomic E-state index is -4.13. The van der Waals surface area contributed by atoms with Crippen molar-refractivity contribution in [3.8, 4) is 0 Å². The summed E-state index contributed by atoms with van der Waals surface area (Å²) < 4.78 is 65.4. The summed E-state index contributed by atoms with van der Waals surface area (Å²) in [6.07, 6.45) is 3.44. The summed E-state index contributed by atoms with van der Waals surface area (Å²) >= 11 is 0. The van der Waals surface area contributed by atoms with E-state index in [1.54, 1.807) is 0 Å². The van der Waals surface area contributed by atoms with Crippen molar-refractivity contribution in [2.45, 2.75) is 30.6 Å². The monoisotopic (exact) mass is 404 g/mol. The lowest BCUT2D eigenvalue weighted by molar-refractivity contribution is 0.393. The molecule has 0 atom stereocenters. The van der Waals surface area contributed by atoms with Crippen LogP contribution >= 0.6 is 0 Å². The molecule has 3 rings (SSSR count). The van der Waals surface area contributed by atoms with Crippen molar-refractivity contribution >= 4 is 20.2 Å². The van der Waals surface area contributed by atoms with Gasteiger partial charge in [-0.25, -0.2) is 18.4 Å². The van der Waals surface area contributed by atoms with Gasteiger partial charge in [0.05, 0.1) is 0 Å². The summed E-state index contributed by atoms with van der Waals surface area (Å²) in [5, 5.41) is 3.03. The van der Waals surface area contributed by atoms with Crippen molar-refractivity contribution in [3.05, 3.63) is 36.2 Å². The second kappa shape index (κ2) is 6.64. The molecule has 0 amide bonds. The van der Waals surface area contributed by atoms with Crippen LogP contribution in [-0.4, -0.2) is 64.7 Å². The van der Waals surface area contributed by atoms with Crippen molar-refractivity contribution in [1.82, 2.24) is 27.8 Å². The van der Waals surface area contributed by atoms with Crippen LogP contribution in [0.3, 0.4) is 0 Å². The molecule has 0 aliphatic heterocycles. The van der Waals surface area contributed by atoms with E-state index in [4.69, 9.17) is 0 Å². The third-order valence-corrected chi connectivity index (χ3v) is 7.03. The van der Waals surface area contributed by atoms with Crippen LogP contribution in [0.4, 0.5) is 4.39 Å². The number of halogens is 1. The molecule has 0 bridgehead atoms. The van der Waals surface area contributed by atoms with E-state index in [-0.39, 0.29) is 12.6 Å². The van der Waals surface area contributed by atoms with Gasteiger partial charge in [-0.2, -0.15) is 21.4 Å². The molecule has 0 unspecified atom stereocenters. The fourth-order valence-corrected chi connectivity index (χ4v) is 4.43. The summed E-state index contributed by atoms with van der Waals surface area (Å²) in [6.45, 7) is -0.0325. The third-order valence-electron chi connectivity index (χ3n) is 3.77. The predicted molar refractivity (Wildman–Crippen MR) is 88.0 cm³/mol. The summed E-state index contributed by atoms with van der Waals surface area (Å²) in [5.41, 5.74) is 0.502. The Morgan fingerprint density at radius 1 is 1.19 bits per heavy atom. The van der Waals surface area contributed by atoms with E-state index in [0.717, 1.165) is 16.7 Å². The molecule has 1 saturated carbocycles. The molecule has 13 heteroatoms. The lowest BCUT2D eigenvalue weighted by atomic mass is 10.3. The van der Waals surface area contributed by atoms with Crippen LogP contribution in [0.15, 0.2) is 29.8 Å². The predicted octanol–water partition coefficient (Wildman–Crippen LogP) is -0.180. The average molecular weight is 404 g/mol. The molecule has 1 fully saturated rings. The fourth-order valence-electron chi connectivity index (χ4n) is 2.19. The largest absolute Gasteiger partial charge is 0.323 e. The smallest absolute Gasteiger partial charge is 0.228 e. The summed E-state index contributed by atoms with van der Waals surface area (Å²) in [5.74, 6) is -0.663. The summed E-state index contributed by atoms with van der Waals surface area (Å²) in [4.78, 5) is 7.18. The van der Waals surface area contributed by atoms with Gasteiger partial charge < -0.3 is 0 Å². The van der Waals surface area contributed by atoms with Crippen LogP contribution in [0.1, 0.15) is 18.4 Å². The molecule has 2 heterocycles. The number of rotatable bonds is 7. The molecule has 0 spiro atoms. The molecule has 1 aliphatic rings. The Bertz CT molecular complexity index is 1000. The number of aromatic nitrogens is 4. The quantitative estimate of drug-likeness (QED) is 0.587. The van der Waals surface area contributed by atoms with Gasteiger partial charge in [-0.15, -0.1) is 9.19 Å². The molecule has 0 radical (unpaired) electrons. The van der Waals surface area contributed by atoms with Gasteiger partial charge in [-0.05, 0) is 24.5 Å². The van der Waals surface area contributed by atoms with Gasteiger partial charge in [-0.3, -0.25) is 0 Å². The molecule has 142 valence electrons. The second-order valence-electron chi connectivity index (χ2n) is 5.96. The Hall–Kier alpha value is -1.96. The van der Waals surface area contributed by atoms with Gasteiger partial charge in [0.15, 0.2) is 0 Å². The average Bonchev–Trinajstić information content (AvgIpc) is 3.27. The lowest BCUT2D eigenvalue weighted by Crippen LogP contribution is -2.34. The van der Waals surface area contributed by atoms with Gasteiger partial charge in [0, 0.05) is 32.9 Å². The van der Waals surface area contributed by atoms with Crippen LogP contribution in [0.5, 0.6) is 0 Å². The maximum atomic E-state index is 12.9. The Morgan fingerprint density at radius 2 is 1.88 bits per heavy atom. The van der Waals surface area contributed by atoms with E-state index in [0.29, 0.717) is 22.5 Å². The standard InChI is InChI=1S/C13H17FN6O4S2/c1-18(2)26(23,24)20-9-16-13(17-20)25(21,22)19(11-4-5-11)8-10-3-6-12(14)15-7-10/h3,6-7,9,11H,4-5,8H2,1-2H3. The first kappa shape index (κ1) is 18.8. The first-order chi connectivity index (χ1) is 12.1. The Morgan fingerprint density at radius 3 is 2.42 bits per heavy atom. The normalized spacial score (nSPS) is 15.7.